The summed E-state index contributed by atoms with van der Waals surface area (Å²) < 4.78 is 11.6. The van der Waals surface area contributed by atoms with Gasteiger partial charge in [0.2, 0.25) is 5.91 Å². The van der Waals surface area contributed by atoms with E-state index in [4.69, 9.17) is 9.47 Å². The SMILES string of the molecule is CO[C@@H](C[C@H](Cc1ccccc1)NC(=O)[C@@H](NC(=O)N(C)Cc1csc(C(C)C)n1)C(C)C)[C@H](Cc1ccccc1)NC(=O)OCc1cncs1. The Bertz CT molecular complexity index is 1630. The van der Waals surface area contributed by atoms with Gasteiger partial charge < -0.3 is 30.3 Å². The second-order valence-corrected chi connectivity index (χ2v) is 15.1. The number of urea groups is 1. The molecule has 3 N–H and O–H groups in total. The first-order chi connectivity index (χ1) is 24.5. The van der Waals surface area contributed by atoms with E-state index in [0.29, 0.717) is 31.7 Å². The maximum absolute atomic E-state index is 14.0. The van der Waals surface area contributed by atoms with E-state index in [2.05, 4.69) is 39.8 Å². The Balaban J connectivity index is 1.49. The molecule has 0 spiro atoms. The topological polar surface area (TPSA) is 135 Å². The summed E-state index contributed by atoms with van der Waals surface area (Å²) in [6.45, 7) is 8.42. The Labute approximate surface area is 309 Å². The van der Waals surface area contributed by atoms with Gasteiger partial charge in [-0.2, -0.15) is 0 Å². The molecular formula is C38H50N6O5S2. The van der Waals surface area contributed by atoms with Crippen LogP contribution >= 0.6 is 22.7 Å². The van der Waals surface area contributed by atoms with E-state index in [9.17, 15) is 14.4 Å². The van der Waals surface area contributed by atoms with Crippen LogP contribution in [0.2, 0.25) is 0 Å². The number of carbonyl (C=O) groups excluding carboxylic acids is 3. The van der Waals surface area contributed by atoms with Gasteiger partial charge >= 0.3 is 12.1 Å². The molecule has 0 fully saturated rings. The zero-order valence-corrected chi connectivity index (χ0v) is 31.8. The maximum Gasteiger partial charge on any atom is 0.407 e. The molecule has 0 saturated carbocycles. The third-order valence-electron chi connectivity index (χ3n) is 8.41. The number of rotatable bonds is 18. The van der Waals surface area contributed by atoms with Gasteiger partial charge in [-0.15, -0.1) is 22.7 Å². The molecule has 0 aliphatic heterocycles. The smallest absolute Gasteiger partial charge is 0.407 e. The van der Waals surface area contributed by atoms with Crippen LogP contribution in [0.1, 0.15) is 66.7 Å². The van der Waals surface area contributed by atoms with Gasteiger partial charge in [0.15, 0.2) is 0 Å². The van der Waals surface area contributed by atoms with Gasteiger partial charge in [-0.25, -0.2) is 14.6 Å². The largest absolute Gasteiger partial charge is 0.444 e. The Hall–Kier alpha value is -4.33. The summed E-state index contributed by atoms with van der Waals surface area (Å²) in [6.07, 6.45) is 1.98. The standard InChI is InChI=1S/C38H50N6O5S2/c1-25(2)34(43-37(46)44(5)21-30-23-50-36(41-30)26(3)4)35(45)40-29(17-27-13-9-7-10-14-27)19-33(48-6)32(18-28-15-11-8-12-16-28)42-38(47)49-22-31-20-39-24-51-31/h7-16,20,23-26,29,32-34H,17-19,21-22H2,1-6H3,(H,40,45)(H,42,47)(H,43,46)/t29-,32-,33-,34-/m0/s1. The number of hydrogen-bond donors (Lipinski definition) is 3. The van der Waals surface area contributed by atoms with Crippen LogP contribution in [0.3, 0.4) is 0 Å². The third kappa shape index (κ3) is 12.7. The van der Waals surface area contributed by atoms with Crippen molar-refractivity contribution >= 4 is 40.7 Å². The molecule has 0 bridgehead atoms. The Morgan fingerprint density at radius 1 is 0.882 bits per heavy atom. The molecule has 4 aromatic rings. The fraction of sp³-hybridized carbons (Fsp3) is 0.447. The highest BCUT2D eigenvalue weighted by Gasteiger charge is 2.32. The van der Waals surface area contributed by atoms with Crippen molar-refractivity contribution in [1.29, 1.82) is 0 Å². The minimum absolute atomic E-state index is 0.110. The maximum atomic E-state index is 14.0. The summed E-state index contributed by atoms with van der Waals surface area (Å²) in [7, 11) is 3.30. The van der Waals surface area contributed by atoms with Crippen LogP contribution in [0.5, 0.6) is 0 Å². The van der Waals surface area contributed by atoms with Gasteiger partial charge in [0.25, 0.3) is 0 Å². The molecule has 2 aromatic heterocycles. The van der Waals surface area contributed by atoms with Crippen LogP contribution in [0.25, 0.3) is 0 Å². The Kier molecular flexibility index (Phi) is 15.4. The first kappa shape index (κ1) is 39.5. The molecule has 0 aliphatic rings. The fourth-order valence-corrected chi connectivity index (χ4v) is 6.96. The number of nitrogens with zero attached hydrogens (tertiary/aromatic N) is 3. The summed E-state index contributed by atoms with van der Waals surface area (Å²) in [4.78, 5) is 51.5. The van der Waals surface area contributed by atoms with E-state index in [1.807, 2.05) is 79.9 Å². The highest BCUT2D eigenvalue weighted by Crippen LogP contribution is 2.21. The Morgan fingerprint density at radius 3 is 2.12 bits per heavy atom. The number of thiazole rings is 2. The van der Waals surface area contributed by atoms with Crippen LogP contribution in [0.15, 0.2) is 77.8 Å². The highest BCUT2D eigenvalue weighted by molar-refractivity contribution is 7.09. The van der Waals surface area contributed by atoms with E-state index < -0.39 is 30.3 Å². The van der Waals surface area contributed by atoms with Gasteiger partial charge in [0.1, 0.15) is 12.6 Å². The minimum atomic E-state index is -0.791. The number of carbonyl (C=O) groups is 3. The number of nitrogens with one attached hydrogen (secondary N) is 3. The molecule has 2 aromatic carbocycles. The normalized spacial score (nSPS) is 13.6. The van der Waals surface area contributed by atoms with Crippen molar-refractivity contribution in [2.24, 2.45) is 5.92 Å². The molecule has 0 saturated heterocycles. The predicted octanol–water partition coefficient (Wildman–Crippen LogP) is 6.56. The fourth-order valence-electron chi connectivity index (χ4n) is 5.63. The first-order valence-corrected chi connectivity index (χ1v) is 19.0. The van der Waals surface area contributed by atoms with Crippen molar-refractivity contribution in [3.63, 3.8) is 0 Å². The van der Waals surface area contributed by atoms with E-state index in [1.54, 1.807) is 37.2 Å². The number of methoxy groups -OCH3 is 1. The third-order valence-corrected chi connectivity index (χ3v) is 10.4. The summed E-state index contributed by atoms with van der Waals surface area (Å²) in [5.41, 5.74) is 4.55. The van der Waals surface area contributed by atoms with Crippen molar-refractivity contribution in [1.82, 2.24) is 30.8 Å². The summed E-state index contributed by atoms with van der Waals surface area (Å²) in [5.74, 6) is -0.175. The molecule has 4 rings (SSSR count). The lowest BCUT2D eigenvalue weighted by molar-refractivity contribution is -0.125. The van der Waals surface area contributed by atoms with Crippen LogP contribution < -0.4 is 16.0 Å². The van der Waals surface area contributed by atoms with Gasteiger partial charge in [-0.05, 0) is 36.3 Å². The molecule has 51 heavy (non-hydrogen) atoms. The molecule has 2 heterocycles. The summed E-state index contributed by atoms with van der Waals surface area (Å²) in [6, 6.07) is 17.7. The molecule has 11 nitrogen and oxygen atoms in total. The van der Waals surface area contributed by atoms with Crippen molar-refractivity contribution in [2.45, 2.75) is 90.3 Å². The van der Waals surface area contributed by atoms with Gasteiger partial charge in [0.05, 0.1) is 39.8 Å². The van der Waals surface area contributed by atoms with Crippen molar-refractivity contribution in [3.05, 3.63) is 104 Å². The highest BCUT2D eigenvalue weighted by atomic mass is 32.1. The van der Waals surface area contributed by atoms with E-state index in [0.717, 1.165) is 26.7 Å². The quantitative estimate of drug-likeness (QED) is 0.105. The number of amides is 4. The van der Waals surface area contributed by atoms with Gasteiger partial charge in [0, 0.05) is 37.7 Å². The number of ether oxygens (including phenoxy) is 2. The van der Waals surface area contributed by atoms with E-state index in [-0.39, 0.29) is 24.5 Å². The average Bonchev–Trinajstić information content (AvgIpc) is 3.82. The lowest BCUT2D eigenvalue weighted by Crippen LogP contribution is -2.56. The second kappa shape index (κ2) is 19.9. The average molecular weight is 735 g/mol. The molecule has 13 heteroatoms. The van der Waals surface area contributed by atoms with Gasteiger partial charge in [-0.1, -0.05) is 88.4 Å². The van der Waals surface area contributed by atoms with E-state index >= 15 is 0 Å². The van der Waals surface area contributed by atoms with Crippen LogP contribution in [0.4, 0.5) is 9.59 Å². The van der Waals surface area contributed by atoms with E-state index in [1.165, 1.54) is 16.2 Å². The van der Waals surface area contributed by atoms with Crippen LogP contribution in [-0.4, -0.2) is 71.3 Å². The summed E-state index contributed by atoms with van der Waals surface area (Å²) in [5, 5.41) is 12.2. The lowest BCUT2D eigenvalue weighted by atomic mass is 9.93. The summed E-state index contributed by atoms with van der Waals surface area (Å²) >= 11 is 2.99. The minimum Gasteiger partial charge on any atom is -0.444 e. The number of aromatic nitrogens is 2. The monoisotopic (exact) mass is 734 g/mol. The zero-order chi connectivity index (χ0) is 36.8. The molecule has 4 amide bonds. The number of hydrogen-bond acceptors (Lipinski definition) is 9. The van der Waals surface area contributed by atoms with Crippen molar-refractivity contribution in [3.8, 4) is 0 Å². The van der Waals surface area contributed by atoms with Crippen molar-refractivity contribution < 1.29 is 23.9 Å². The molecule has 4 atom stereocenters. The molecule has 274 valence electrons. The molecular weight excluding hydrogens is 685 g/mol. The first-order valence-electron chi connectivity index (χ1n) is 17.2. The lowest BCUT2D eigenvalue weighted by Gasteiger charge is -2.32. The Morgan fingerprint density at radius 2 is 1.55 bits per heavy atom. The van der Waals surface area contributed by atoms with Crippen LogP contribution in [0, 0.1) is 5.92 Å². The predicted molar refractivity (Wildman–Crippen MR) is 202 cm³/mol. The molecule has 0 aliphatic carbocycles. The second-order valence-electron chi connectivity index (χ2n) is 13.2. The molecule has 0 radical (unpaired) electrons. The van der Waals surface area contributed by atoms with Crippen LogP contribution in [-0.2, 0) is 40.3 Å². The zero-order valence-electron chi connectivity index (χ0n) is 30.2. The molecule has 0 unspecified atom stereocenters. The van der Waals surface area contributed by atoms with Gasteiger partial charge in [-0.3, -0.25) is 9.78 Å². The number of alkyl carbamates (subject to hydrolysis) is 1. The van der Waals surface area contributed by atoms with Crippen molar-refractivity contribution in [2.75, 3.05) is 14.2 Å². The number of benzene rings is 2.